The highest BCUT2D eigenvalue weighted by atomic mass is 31.2. The zero-order chi connectivity index (χ0) is 44.3. The molecule has 9 nitrogen and oxygen atoms in total. The van der Waals surface area contributed by atoms with Crippen LogP contribution in [0.15, 0.2) is 85.1 Å². The number of allylic oxidation sites excluding steroid dienone is 14. The third-order valence-corrected chi connectivity index (χ3v) is 10.4. The SMILES string of the molecule is CC/C=C/C/C=C/C/C=C/CCCCCCCC(=O)O[C@@H](COC(=O)CCC/C=C/C/C=C/C/C=C/C/C=C/CCCCCCCCC)COP(=O)(O)OCC[N+](C)(C)C. The Morgan fingerprint density at radius 3 is 1.47 bits per heavy atom. The van der Waals surface area contributed by atoms with E-state index in [1.54, 1.807) is 0 Å². The number of carbonyl (C=O) groups excluding carboxylic acids is 2. The van der Waals surface area contributed by atoms with Gasteiger partial charge >= 0.3 is 19.8 Å². The van der Waals surface area contributed by atoms with E-state index in [0.29, 0.717) is 23.9 Å². The Balaban J connectivity index is 4.45. The normalized spacial score (nSPS) is 14.3. The van der Waals surface area contributed by atoms with Gasteiger partial charge in [0.25, 0.3) is 0 Å². The molecule has 2 atom stereocenters. The number of rotatable bonds is 41. The van der Waals surface area contributed by atoms with Gasteiger partial charge in [0.2, 0.25) is 0 Å². The molecule has 10 heteroatoms. The average Bonchev–Trinajstić information content (AvgIpc) is 3.20. The molecule has 1 N–H and O–H groups in total. The van der Waals surface area contributed by atoms with Crippen LogP contribution in [0, 0.1) is 0 Å². The summed E-state index contributed by atoms with van der Waals surface area (Å²) in [6.07, 6.45) is 53.6. The second-order valence-electron chi connectivity index (χ2n) is 16.4. The predicted molar refractivity (Wildman–Crippen MR) is 252 cm³/mol. The Kier molecular flexibility index (Phi) is 39.6. The van der Waals surface area contributed by atoms with Crippen LogP contribution in [0.2, 0.25) is 0 Å². The van der Waals surface area contributed by atoms with Crippen LogP contribution >= 0.6 is 7.82 Å². The highest BCUT2D eigenvalue weighted by Crippen LogP contribution is 2.43. The first-order valence-corrected chi connectivity index (χ1v) is 24.8. The van der Waals surface area contributed by atoms with E-state index >= 15 is 0 Å². The number of likely N-dealkylation sites (N-methyl/N-ethyl adjacent to an activating group) is 1. The molecule has 0 amide bonds. The fourth-order valence-electron chi connectivity index (χ4n) is 5.78. The molecule has 0 fully saturated rings. The maximum Gasteiger partial charge on any atom is 0.472 e. The number of carbonyl (C=O) groups is 2. The number of nitrogens with zero attached hydrogens (tertiary/aromatic N) is 1. The van der Waals surface area contributed by atoms with Crippen molar-refractivity contribution in [3.05, 3.63) is 85.1 Å². The Bertz CT molecular complexity index is 1290. The highest BCUT2D eigenvalue weighted by molar-refractivity contribution is 7.47. The molecular weight excluding hydrogens is 774 g/mol. The van der Waals surface area contributed by atoms with E-state index in [2.05, 4.69) is 98.9 Å². The largest absolute Gasteiger partial charge is 0.472 e. The minimum Gasteiger partial charge on any atom is -0.462 e. The maximum atomic E-state index is 12.7. The van der Waals surface area contributed by atoms with E-state index in [1.807, 2.05) is 21.1 Å². The average molecular weight is 861 g/mol. The van der Waals surface area contributed by atoms with Crippen LogP contribution in [0.4, 0.5) is 0 Å². The maximum absolute atomic E-state index is 12.7. The first-order valence-electron chi connectivity index (χ1n) is 23.3. The number of hydrogen-bond donors (Lipinski definition) is 1. The van der Waals surface area contributed by atoms with E-state index in [4.69, 9.17) is 18.5 Å². The quantitative estimate of drug-likeness (QED) is 0.0213. The number of quaternary nitrogens is 1. The molecule has 0 saturated heterocycles. The molecule has 0 aromatic heterocycles. The molecule has 0 aliphatic rings. The third kappa shape index (κ3) is 44.7. The lowest BCUT2D eigenvalue weighted by atomic mass is 10.1. The summed E-state index contributed by atoms with van der Waals surface area (Å²) in [6, 6.07) is 0. The molecule has 0 aliphatic heterocycles. The Morgan fingerprint density at radius 1 is 0.533 bits per heavy atom. The van der Waals surface area contributed by atoms with E-state index in [-0.39, 0.29) is 26.1 Å². The van der Waals surface area contributed by atoms with Crippen molar-refractivity contribution in [2.45, 2.75) is 174 Å². The van der Waals surface area contributed by atoms with Gasteiger partial charge in [0, 0.05) is 12.8 Å². The van der Waals surface area contributed by atoms with Crippen LogP contribution in [0.25, 0.3) is 0 Å². The standard InChI is InChI=1S/C50H86NO8P/c1-6-8-10-12-14-16-18-20-22-23-24-25-26-27-29-30-32-34-36-38-40-42-49(52)56-46-48(47-58-60(54,55)57-45-44-51(3,4)5)59-50(53)43-41-39-37-35-33-31-28-21-19-17-15-13-11-9-7-2/h9,11,15,17,21-23,25-26,28-30,34,36,48H,6-8,10,12-14,16,18-20,24,27,31-33,35,37-47H2,1-5H3/p+1/b11-9+,17-15+,23-22+,26-25+,28-21+,30-29+,36-34+/t48-/m0/s1. The van der Waals surface area contributed by atoms with Crippen molar-refractivity contribution >= 4 is 19.8 Å². The molecular formula is C50H87NO8P+. The van der Waals surface area contributed by atoms with E-state index < -0.39 is 32.5 Å². The number of phosphoric acid groups is 1. The minimum absolute atomic E-state index is 0.0150. The Morgan fingerprint density at radius 2 is 0.967 bits per heavy atom. The van der Waals surface area contributed by atoms with E-state index in [9.17, 15) is 19.0 Å². The summed E-state index contributed by atoms with van der Waals surface area (Å²) in [5, 5.41) is 0. The van der Waals surface area contributed by atoms with Gasteiger partial charge in [-0.2, -0.15) is 0 Å². The number of esters is 2. The van der Waals surface area contributed by atoms with Gasteiger partial charge < -0.3 is 18.9 Å². The minimum atomic E-state index is -4.40. The Labute approximate surface area is 367 Å². The third-order valence-electron chi connectivity index (χ3n) is 9.41. The van der Waals surface area contributed by atoms with Crippen molar-refractivity contribution in [1.82, 2.24) is 0 Å². The highest BCUT2D eigenvalue weighted by Gasteiger charge is 2.27. The van der Waals surface area contributed by atoms with Gasteiger partial charge in [0.05, 0.1) is 27.7 Å². The monoisotopic (exact) mass is 861 g/mol. The lowest BCUT2D eigenvalue weighted by molar-refractivity contribution is -0.870. The fraction of sp³-hybridized carbons (Fsp3) is 0.680. The topological polar surface area (TPSA) is 108 Å². The number of ether oxygens (including phenoxy) is 2. The molecule has 0 aromatic rings. The van der Waals surface area contributed by atoms with E-state index in [1.165, 1.54) is 51.4 Å². The second-order valence-corrected chi connectivity index (χ2v) is 17.9. The summed E-state index contributed by atoms with van der Waals surface area (Å²) < 4.78 is 34.3. The van der Waals surface area contributed by atoms with Gasteiger partial charge in [-0.1, -0.05) is 157 Å². The van der Waals surface area contributed by atoms with Crippen LogP contribution in [0.5, 0.6) is 0 Å². The van der Waals surface area contributed by atoms with Gasteiger partial charge in [-0.15, -0.1) is 0 Å². The lowest BCUT2D eigenvalue weighted by Crippen LogP contribution is -2.37. The smallest absolute Gasteiger partial charge is 0.462 e. The van der Waals surface area contributed by atoms with Crippen LogP contribution < -0.4 is 0 Å². The second kappa shape index (κ2) is 41.5. The van der Waals surface area contributed by atoms with Gasteiger partial charge in [0.1, 0.15) is 19.8 Å². The number of unbranched alkanes of at least 4 members (excludes halogenated alkanes) is 13. The summed E-state index contributed by atoms with van der Waals surface area (Å²) >= 11 is 0. The summed E-state index contributed by atoms with van der Waals surface area (Å²) in [7, 11) is 1.42. The van der Waals surface area contributed by atoms with Gasteiger partial charge in [-0.3, -0.25) is 18.6 Å². The Hall–Kier alpha value is -2.81. The zero-order valence-electron chi connectivity index (χ0n) is 38.7. The van der Waals surface area contributed by atoms with E-state index in [0.717, 1.165) is 77.0 Å². The van der Waals surface area contributed by atoms with Crippen LogP contribution in [-0.4, -0.2) is 74.9 Å². The van der Waals surface area contributed by atoms with Crippen molar-refractivity contribution in [2.75, 3.05) is 47.5 Å². The molecule has 0 radical (unpaired) electrons. The first-order chi connectivity index (χ1) is 29.0. The predicted octanol–water partition coefficient (Wildman–Crippen LogP) is 13.6. The van der Waals surface area contributed by atoms with Crippen molar-refractivity contribution in [2.24, 2.45) is 0 Å². The summed E-state index contributed by atoms with van der Waals surface area (Å²) in [5.41, 5.74) is 0. The van der Waals surface area contributed by atoms with Gasteiger partial charge in [-0.25, -0.2) is 4.57 Å². The molecule has 1 unspecified atom stereocenters. The van der Waals surface area contributed by atoms with Crippen molar-refractivity contribution < 1.29 is 42.1 Å². The zero-order valence-corrected chi connectivity index (χ0v) is 39.6. The van der Waals surface area contributed by atoms with Crippen molar-refractivity contribution in [3.63, 3.8) is 0 Å². The molecule has 0 aliphatic carbocycles. The number of phosphoric ester groups is 1. The molecule has 0 spiro atoms. The summed E-state index contributed by atoms with van der Waals surface area (Å²) in [5.74, 6) is -0.891. The lowest BCUT2D eigenvalue weighted by Gasteiger charge is -2.24. The molecule has 0 heterocycles. The summed E-state index contributed by atoms with van der Waals surface area (Å²) in [6.45, 7) is 4.21. The van der Waals surface area contributed by atoms with Gasteiger partial charge in [-0.05, 0) is 83.5 Å². The van der Waals surface area contributed by atoms with Crippen LogP contribution in [0.3, 0.4) is 0 Å². The van der Waals surface area contributed by atoms with Crippen molar-refractivity contribution in [3.8, 4) is 0 Å². The molecule has 0 rings (SSSR count). The molecule has 0 bridgehead atoms. The molecule has 0 aromatic carbocycles. The fourth-order valence-corrected chi connectivity index (χ4v) is 6.53. The molecule has 0 saturated carbocycles. The van der Waals surface area contributed by atoms with Crippen LogP contribution in [0.1, 0.15) is 168 Å². The molecule has 344 valence electrons. The van der Waals surface area contributed by atoms with Gasteiger partial charge in [0.15, 0.2) is 6.10 Å². The first kappa shape index (κ1) is 57.2. The summed E-state index contributed by atoms with van der Waals surface area (Å²) in [4.78, 5) is 35.4. The number of hydrogen-bond acceptors (Lipinski definition) is 7. The molecule has 60 heavy (non-hydrogen) atoms. The van der Waals surface area contributed by atoms with Crippen molar-refractivity contribution in [1.29, 1.82) is 0 Å². The van der Waals surface area contributed by atoms with Crippen LogP contribution in [-0.2, 0) is 32.7 Å².